The van der Waals surface area contributed by atoms with E-state index < -0.39 is 16.9 Å². The molecule has 0 radical (unpaired) electrons. The second kappa shape index (κ2) is 5.73. The molecule has 1 aliphatic rings. The van der Waals surface area contributed by atoms with Crippen molar-refractivity contribution in [3.05, 3.63) is 27.9 Å². The summed E-state index contributed by atoms with van der Waals surface area (Å²) >= 11 is 0. The normalized spacial score (nSPS) is 18.2. The lowest BCUT2D eigenvalue weighted by atomic mass is 10.1. The second-order valence-electron chi connectivity index (χ2n) is 4.69. The van der Waals surface area contributed by atoms with Crippen molar-refractivity contribution in [1.82, 2.24) is 10.3 Å². The maximum Gasteiger partial charge on any atom is 0.305 e. The Kier molecular flexibility index (Phi) is 4.01. The molecule has 0 saturated carbocycles. The summed E-state index contributed by atoms with van der Waals surface area (Å²) in [6, 6.07) is 0.482. The van der Waals surface area contributed by atoms with Crippen molar-refractivity contribution < 1.29 is 19.6 Å². The van der Waals surface area contributed by atoms with Gasteiger partial charge in [0.15, 0.2) is 0 Å². The lowest BCUT2D eigenvalue weighted by molar-refractivity contribution is -0.385. The number of amides is 1. The molecule has 1 fully saturated rings. The summed E-state index contributed by atoms with van der Waals surface area (Å²) in [4.78, 5) is 38.5. The predicted octanol–water partition coefficient (Wildman–Crippen LogP) is 0.0777. The Bertz CT molecular complexity index is 603. The number of hydrogen-bond donors (Lipinski definition) is 2. The smallest absolute Gasteiger partial charge is 0.305 e. The number of aliphatic carboxylic acids is 1. The Morgan fingerprint density at radius 3 is 2.95 bits per heavy atom. The van der Waals surface area contributed by atoms with E-state index in [0.717, 1.165) is 6.20 Å². The Morgan fingerprint density at radius 1 is 1.67 bits per heavy atom. The SMILES string of the molecule is Cc1cc([N+](=O)[O-])cnc1N1CCNC(=O)C1CC(=O)O. The van der Waals surface area contributed by atoms with Crippen LogP contribution in [0.1, 0.15) is 12.0 Å². The molecule has 1 aliphatic heterocycles. The van der Waals surface area contributed by atoms with Gasteiger partial charge in [-0.15, -0.1) is 0 Å². The zero-order chi connectivity index (χ0) is 15.6. The van der Waals surface area contributed by atoms with Gasteiger partial charge in [-0.1, -0.05) is 0 Å². The first-order valence-corrected chi connectivity index (χ1v) is 6.27. The van der Waals surface area contributed by atoms with Crippen molar-refractivity contribution in [3.63, 3.8) is 0 Å². The molecule has 9 nitrogen and oxygen atoms in total. The molecule has 0 aromatic carbocycles. The Hall–Kier alpha value is -2.71. The molecule has 1 aromatic heterocycles. The number of carbonyl (C=O) groups excluding carboxylic acids is 1. The molecule has 1 unspecified atom stereocenters. The average Bonchev–Trinajstić information content (AvgIpc) is 2.41. The summed E-state index contributed by atoms with van der Waals surface area (Å²) in [5.74, 6) is -1.09. The van der Waals surface area contributed by atoms with Crippen LogP contribution in [0.2, 0.25) is 0 Å². The molecule has 1 atom stereocenters. The molecule has 0 aliphatic carbocycles. The van der Waals surface area contributed by atoms with E-state index in [0.29, 0.717) is 24.5 Å². The van der Waals surface area contributed by atoms with Crippen LogP contribution in [-0.4, -0.2) is 46.0 Å². The number of aryl methyl sites for hydroxylation is 1. The molecule has 9 heteroatoms. The minimum absolute atomic E-state index is 0.146. The minimum Gasteiger partial charge on any atom is -0.481 e. The number of carboxylic acids is 1. The highest BCUT2D eigenvalue weighted by molar-refractivity contribution is 5.90. The number of nitrogens with one attached hydrogen (secondary N) is 1. The highest BCUT2D eigenvalue weighted by atomic mass is 16.6. The largest absolute Gasteiger partial charge is 0.481 e. The summed E-state index contributed by atoms with van der Waals surface area (Å²) in [5, 5.41) is 22.2. The number of rotatable bonds is 4. The lowest BCUT2D eigenvalue weighted by Gasteiger charge is -2.35. The number of aromatic nitrogens is 1. The number of nitrogens with zero attached hydrogens (tertiary/aromatic N) is 3. The molecule has 112 valence electrons. The van der Waals surface area contributed by atoms with E-state index in [1.54, 1.807) is 11.8 Å². The van der Waals surface area contributed by atoms with E-state index in [1.807, 2.05) is 0 Å². The summed E-state index contributed by atoms with van der Waals surface area (Å²) < 4.78 is 0. The van der Waals surface area contributed by atoms with Gasteiger partial charge in [0.25, 0.3) is 5.69 Å². The molecule has 0 spiro atoms. The van der Waals surface area contributed by atoms with Gasteiger partial charge in [0.1, 0.15) is 18.1 Å². The molecule has 1 saturated heterocycles. The maximum atomic E-state index is 11.8. The van der Waals surface area contributed by atoms with Gasteiger partial charge in [-0.25, -0.2) is 4.98 Å². The number of carbonyl (C=O) groups is 2. The van der Waals surface area contributed by atoms with Crippen molar-refractivity contribution in [3.8, 4) is 0 Å². The van der Waals surface area contributed by atoms with Crippen molar-refractivity contribution in [2.24, 2.45) is 0 Å². The standard InChI is InChI=1S/C12H14N4O5/c1-7-4-8(16(20)21)6-14-11(7)15-3-2-13-12(19)9(15)5-10(17)18/h4,6,9H,2-3,5H2,1H3,(H,13,19)(H,17,18). The second-order valence-corrected chi connectivity index (χ2v) is 4.69. The number of nitro groups is 1. The van der Waals surface area contributed by atoms with Crippen LogP contribution in [0, 0.1) is 17.0 Å². The van der Waals surface area contributed by atoms with Crippen LogP contribution in [0.5, 0.6) is 0 Å². The van der Waals surface area contributed by atoms with Gasteiger partial charge in [0, 0.05) is 19.2 Å². The zero-order valence-corrected chi connectivity index (χ0v) is 11.3. The predicted molar refractivity (Wildman–Crippen MR) is 72.0 cm³/mol. The Morgan fingerprint density at radius 2 is 2.38 bits per heavy atom. The summed E-state index contributed by atoms with van der Waals surface area (Å²) in [6.07, 6.45) is 0.747. The van der Waals surface area contributed by atoms with E-state index in [-0.39, 0.29) is 18.0 Å². The van der Waals surface area contributed by atoms with Crippen LogP contribution >= 0.6 is 0 Å². The van der Waals surface area contributed by atoms with E-state index >= 15 is 0 Å². The fourth-order valence-corrected chi connectivity index (χ4v) is 2.29. The number of anilines is 1. The third-order valence-electron chi connectivity index (χ3n) is 3.22. The quantitative estimate of drug-likeness (QED) is 0.594. The highest BCUT2D eigenvalue weighted by Crippen LogP contribution is 2.25. The van der Waals surface area contributed by atoms with E-state index in [2.05, 4.69) is 10.3 Å². The first kappa shape index (κ1) is 14.7. The number of carboxylic acid groups (broad SMARTS) is 1. The molecule has 0 bridgehead atoms. The van der Waals surface area contributed by atoms with Gasteiger partial charge in [0.05, 0.1) is 11.3 Å². The molecule has 1 amide bonds. The monoisotopic (exact) mass is 294 g/mol. The topological polar surface area (TPSA) is 126 Å². The van der Waals surface area contributed by atoms with Crippen LogP contribution in [0.4, 0.5) is 11.5 Å². The highest BCUT2D eigenvalue weighted by Gasteiger charge is 2.33. The average molecular weight is 294 g/mol. The van der Waals surface area contributed by atoms with Gasteiger partial charge in [-0.3, -0.25) is 19.7 Å². The summed E-state index contributed by atoms with van der Waals surface area (Å²) in [6.45, 7) is 2.40. The van der Waals surface area contributed by atoms with Crippen molar-refractivity contribution in [2.75, 3.05) is 18.0 Å². The summed E-state index contributed by atoms with van der Waals surface area (Å²) in [7, 11) is 0. The third-order valence-corrected chi connectivity index (χ3v) is 3.22. The van der Waals surface area contributed by atoms with Gasteiger partial charge in [-0.05, 0) is 12.5 Å². The lowest BCUT2D eigenvalue weighted by Crippen LogP contribution is -2.56. The van der Waals surface area contributed by atoms with Gasteiger partial charge < -0.3 is 15.3 Å². The fraction of sp³-hybridized carbons (Fsp3) is 0.417. The molecule has 21 heavy (non-hydrogen) atoms. The van der Waals surface area contributed by atoms with Crippen LogP contribution in [0.15, 0.2) is 12.3 Å². The van der Waals surface area contributed by atoms with Gasteiger partial charge >= 0.3 is 5.97 Å². The van der Waals surface area contributed by atoms with E-state index in [9.17, 15) is 19.7 Å². The Balaban J connectivity index is 2.35. The van der Waals surface area contributed by atoms with Crippen LogP contribution in [0.3, 0.4) is 0 Å². The maximum absolute atomic E-state index is 11.8. The molecular formula is C12H14N4O5. The first-order valence-electron chi connectivity index (χ1n) is 6.27. The summed E-state index contributed by atoms with van der Waals surface area (Å²) in [5.41, 5.74) is 0.377. The molecule has 2 rings (SSSR count). The Labute approximate surface area is 119 Å². The van der Waals surface area contributed by atoms with Crippen LogP contribution in [-0.2, 0) is 9.59 Å². The molecule has 2 heterocycles. The first-order chi connectivity index (χ1) is 9.90. The fourth-order valence-electron chi connectivity index (χ4n) is 2.29. The number of pyridine rings is 1. The van der Waals surface area contributed by atoms with Gasteiger partial charge in [-0.2, -0.15) is 0 Å². The van der Waals surface area contributed by atoms with Gasteiger partial charge in [0.2, 0.25) is 5.91 Å². The van der Waals surface area contributed by atoms with Crippen molar-refractivity contribution in [2.45, 2.75) is 19.4 Å². The molecule has 2 N–H and O–H groups in total. The zero-order valence-electron chi connectivity index (χ0n) is 11.3. The van der Waals surface area contributed by atoms with Crippen molar-refractivity contribution in [1.29, 1.82) is 0 Å². The molecule has 1 aromatic rings. The van der Waals surface area contributed by atoms with E-state index in [1.165, 1.54) is 6.07 Å². The van der Waals surface area contributed by atoms with E-state index in [4.69, 9.17) is 5.11 Å². The minimum atomic E-state index is -1.10. The molecular weight excluding hydrogens is 280 g/mol. The number of hydrogen-bond acceptors (Lipinski definition) is 6. The van der Waals surface area contributed by atoms with Crippen molar-refractivity contribution >= 4 is 23.4 Å². The third kappa shape index (κ3) is 3.07. The van der Waals surface area contributed by atoms with Crippen LogP contribution < -0.4 is 10.2 Å². The van der Waals surface area contributed by atoms with Crippen LogP contribution in [0.25, 0.3) is 0 Å². The number of piperazine rings is 1.